The van der Waals surface area contributed by atoms with E-state index < -0.39 is 0 Å². The van der Waals surface area contributed by atoms with Crippen molar-refractivity contribution in [2.24, 2.45) is 0 Å². The molecule has 0 saturated carbocycles. The normalized spacial score (nSPS) is 15.6. The van der Waals surface area contributed by atoms with Crippen LogP contribution >= 0.6 is 11.6 Å². The van der Waals surface area contributed by atoms with Gasteiger partial charge in [-0.2, -0.15) is 0 Å². The Morgan fingerprint density at radius 3 is 2.68 bits per heavy atom. The Kier molecular flexibility index (Phi) is 4.15. The highest BCUT2D eigenvalue weighted by Gasteiger charge is 2.22. The lowest BCUT2D eigenvalue weighted by atomic mass is 9.95. The van der Waals surface area contributed by atoms with E-state index in [1.807, 2.05) is 24.5 Å². The molecule has 22 heavy (non-hydrogen) atoms. The number of pyridine rings is 1. The predicted molar refractivity (Wildman–Crippen MR) is 87.8 cm³/mol. The largest absolute Gasteiger partial charge is 0.294 e. The van der Waals surface area contributed by atoms with E-state index in [9.17, 15) is 0 Å². The van der Waals surface area contributed by atoms with Gasteiger partial charge in [-0.3, -0.25) is 4.90 Å². The summed E-state index contributed by atoms with van der Waals surface area (Å²) in [5.74, 6) is 0.932. The van der Waals surface area contributed by atoms with Gasteiger partial charge in [0.05, 0.1) is 0 Å². The second kappa shape index (κ2) is 5.94. The topological polar surface area (TPSA) is 41.9 Å². The number of rotatable bonds is 2. The zero-order valence-electron chi connectivity index (χ0n) is 13.3. The van der Waals surface area contributed by atoms with Gasteiger partial charge in [-0.15, -0.1) is 0 Å². The number of aromatic nitrogens is 3. The van der Waals surface area contributed by atoms with E-state index in [0.29, 0.717) is 5.15 Å². The van der Waals surface area contributed by atoms with Crippen LogP contribution in [0.5, 0.6) is 0 Å². The van der Waals surface area contributed by atoms with E-state index in [1.165, 1.54) is 16.8 Å². The summed E-state index contributed by atoms with van der Waals surface area (Å²) in [6.45, 7) is 9.23. The van der Waals surface area contributed by atoms with Crippen LogP contribution in [-0.2, 0) is 24.9 Å². The maximum Gasteiger partial charge on any atom is 0.133 e. The van der Waals surface area contributed by atoms with E-state index in [2.05, 4.69) is 35.6 Å². The quantitative estimate of drug-likeness (QED) is 0.797. The summed E-state index contributed by atoms with van der Waals surface area (Å²) in [6.07, 6.45) is 4.81. The number of fused-ring (bicyclic) bond motifs is 1. The molecule has 4 nitrogen and oxygen atoms in total. The van der Waals surface area contributed by atoms with Crippen LogP contribution in [0.25, 0.3) is 0 Å². The molecule has 0 spiro atoms. The van der Waals surface area contributed by atoms with Crippen molar-refractivity contribution in [2.75, 3.05) is 6.54 Å². The van der Waals surface area contributed by atoms with Crippen LogP contribution in [0.3, 0.4) is 0 Å². The first kappa shape index (κ1) is 15.4. The molecule has 0 amide bonds. The van der Waals surface area contributed by atoms with Crippen LogP contribution in [-0.4, -0.2) is 26.4 Å². The summed E-state index contributed by atoms with van der Waals surface area (Å²) < 4.78 is 0. The number of hydrogen-bond acceptors (Lipinski definition) is 4. The summed E-state index contributed by atoms with van der Waals surface area (Å²) in [7, 11) is 0. The fraction of sp³-hybridized carbons (Fsp3) is 0.471. The van der Waals surface area contributed by atoms with Crippen molar-refractivity contribution in [3.05, 3.63) is 52.3 Å². The molecule has 0 N–H and O–H groups in total. The molecule has 3 rings (SSSR count). The van der Waals surface area contributed by atoms with Gasteiger partial charge in [0.1, 0.15) is 11.0 Å². The minimum atomic E-state index is 0.00113. The first-order chi connectivity index (χ1) is 10.4. The number of nitrogens with zero attached hydrogens (tertiary/aromatic N) is 4. The monoisotopic (exact) mass is 316 g/mol. The average Bonchev–Trinajstić information content (AvgIpc) is 2.48. The van der Waals surface area contributed by atoms with Gasteiger partial charge in [-0.25, -0.2) is 15.0 Å². The van der Waals surface area contributed by atoms with Crippen LogP contribution in [0.15, 0.2) is 24.5 Å². The molecule has 116 valence electrons. The lowest BCUT2D eigenvalue weighted by Gasteiger charge is -2.29. The Morgan fingerprint density at radius 2 is 2.00 bits per heavy atom. The highest BCUT2D eigenvalue weighted by atomic mass is 35.5. The van der Waals surface area contributed by atoms with E-state index in [0.717, 1.165) is 31.9 Å². The van der Waals surface area contributed by atoms with E-state index in [4.69, 9.17) is 16.6 Å². The third kappa shape index (κ3) is 3.45. The molecule has 0 bridgehead atoms. The van der Waals surface area contributed by atoms with Gasteiger partial charge in [-0.05, 0) is 11.6 Å². The lowest BCUT2D eigenvalue weighted by molar-refractivity contribution is 0.242. The smallest absolute Gasteiger partial charge is 0.133 e. The van der Waals surface area contributed by atoms with Crippen LogP contribution in [0, 0.1) is 0 Å². The van der Waals surface area contributed by atoms with Crippen molar-refractivity contribution >= 4 is 11.6 Å². The van der Waals surface area contributed by atoms with Gasteiger partial charge in [0, 0.05) is 55.1 Å². The Bertz CT molecular complexity index is 661. The zero-order valence-corrected chi connectivity index (χ0v) is 14.1. The van der Waals surface area contributed by atoms with Gasteiger partial charge in [0.2, 0.25) is 0 Å². The van der Waals surface area contributed by atoms with Crippen molar-refractivity contribution in [1.82, 2.24) is 19.9 Å². The first-order valence-corrected chi connectivity index (χ1v) is 7.98. The maximum absolute atomic E-state index is 5.83. The molecule has 0 fully saturated rings. The van der Waals surface area contributed by atoms with Crippen molar-refractivity contribution in [1.29, 1.82) is 0 Å². The maximum atomic E-state index is 5.83. The molecular weight excluding hydrogens is 296 g/mol. The van der Waals surface area contributed by atoms with Crippen molar-refractivity contribution < 1.29 is 0 Å². The summed E-state index contributed by atoms with van der Waals surface area (Å²) in [6, 6.07) is 3.87. The summed E-state index contributed by atoms with van der Waals surface area (Å²) in [5.41, 5.74) is 3.62. The molecule has 0 saturated heterocycles. The third-order valence-corrected chi connectivity index (χ3v) is 4.10. The van der Waals surface area contributed by atoms with Crippen LogP contribution in [0.2, 0.25) is 5.15 Å². The molecule has 0 atom stereocenters. The van der Waals surface area contributed by atoms with Crippen LogP contribution < -0.4 is 0 Å². The SMILES string of the molecule is CC(C)(C)c1ncc2c(n1)CCN(Cc1ccc(Cl)nc1)C2. The molecular formula is C17H21ClN4. The molecule has 1 aliphatic heterocycles. The van der Waals surface area contributed by atoms with E-state index in [-0.39, 0.29) is 5.41 Å². The number of hydrogen-bond donors (Lipinski definition) is 0. The second-order valence-electron chi connectivity index (χ2n) is 6.87. The molecule has 2 aromatic heterocycles. The molecule has 1 aliphatic rings. The Balaban J connectivity index is 1.73. The van der Waals surface area contributed by atoms with E-state index in [1.54, 1.807) is 0 Å². The van der Waals surface area contributed by atoms with Crippen molar-refractivity contribution in [3.8, 4) is 0 Å². The predicted octanol–water partition coefficient (Wildman–Crippen LogP) is 3.38. The van der Waals surface area contributed by atoms with E-state index >= 15 is 0 Å². The molecule has 5 heteroatoms. The highest BCUT2D eigenvalue weighted by Crippen LogP contribution is 2.23. The Labute approximate surface area is 136 Å². The lowest BCUT2D eigenvalue weighted by Crippen LogP contribution is -2.32. The van der Waals surface area contributed by atoms with Gasteiger partial charge in [-0.1, -0.05) is 38.4 Å². The minimum Gasteiger partial charge on any atom is -0.294 e. The molecule has 0 aliphatic carbocycles. The Morgan fingerprint density at radius 1 is 1.18 bits per heavy atom. The fourth-order valence-electron chi connectivity index (χ4n) is 2.63. The minimum absolute atomic E-state index is 0.00113. The van der Waals surface area contributed by atoms with Gasteiger partial charge < -0.3 is 0 Å². The first-order valence-electron chi connectivity index (χ1n) is 7.60. The second-order valence-corrected chi connectivity index (χ2v) is 7.25. The third-order valence-electron chi connectivity index (χ3n) is 3.88. The molecule has 3 heterocycles. The molecule has 2 aromatic rings. The molecule has 0 radical (unpaired) electrons. The zero-order chi connectivity index (χ0) is 15.7. The standard InChI is InChI=1S/C17H21ClN4/c1-17(2,3)16-20-9-13-11-22(7-6-14(13)21-16)10-12-4-5-15(18)19-8-12/h4-5,8-9H,6-7,10-11H2,1-3H3. The van der Waals surface area contributed by atoms with Gasteiger partial charge in [0.25, 0.3) is 0 Å². The van der Waals surface area contributed by atoms with Crippen molar-refractivity contribution in [3.63, 3.8) is 0 Å². The Hall–Kier alpha value is -1.52. The fourth-order valence-corrected chi connectivity index (χ4v) is 2.74. The van der Waals surface area contributed by atoms with Gasteiger partial charge >= 0.3 is 0 Å². The summed E-state index contributed by atoms with van der Waals surface area (Å²) in [5, 5.41) is 0.538. The summed E-state index contributed by atoms with van der Waals surface area (Å²) >= 11 is 5.83. The average molecular weight is 317 g/mol. The van der Waals surface area contributed by atoms with Gasteiger partial charge in [0.15, 0.2) is 0 Å². The number of halogens is 1. The van der Waals surface area contributed by atoms with Crippen LogP contribution in [0.4, 0.5) is 0 Å². The van der Waals surface area contributed by atoms with Crippen LogP contribution in [0.1, 0.15) is 43.4 Å². The molecule has 0 unspecified atom stereocenters. The summed E-state index contributed by atoms with van der Waals surface area (Å²) in [4.78, 5) is 15.9. The highest BCUT2D eigenvalue weighted by molar-refractivity contribution is 6.29. The van der Waals surface area contributed by atoms with Crippen molar-refractivity contribution in [2.45, 2.75) is 45.7 Å². The molecule has 0 aromatic carbocycles.